The van der Waals surface area contributed by atoms with Crippen LogP contribution in [0, 0.1) is 0 Å². The first kappa shape index (κ1) is 18.5. The number of hydrogen-bond acceptors (Lipinski definition) is 5. The molecule has 0 saturated carbocycles. The molecule has 0 radical (unpaired) electrons. The van der Waals surface area contributed by atoms with E-state index in [2.05, 4.69) is 45.4 Å². The van der Waals surface area contributed by atoms with Crippen molar-refractivity contribution in [3.05, 3.63) is 78.3 Å². The van der Waals surface area contributed by atoms with Crippen LogP contribution < -0.4 is 10.1 Å². The molecule has 6 heteroatoms. The fraction of sp³-hybridized carbons (Fsp3) is 0.208. The van der Waals surface area contributed by atoms with E-state index < -0.39 is 0 Å². The molecule has 2 aromatic heterocycles. The second kappa shape index (κ2) is 8.08. The quantitative estimate of drug-likeness (QED) is 0.517. The maximum absolute atomic E-state index is 6.08. The zero-order valence-corrected chi connectivity index (χ0v) is 16.8. The van der Waals surface area contributed by atoms with Gasteiger partial charge in [-0.05, 0) is 55.3 Å². The van der Waals surface area contributed by atoms with Gasteiger partial charge in [-0.15, -0.1) is 0 Å². The fourth-order valence-corrected chi connectivity index (χ4v) is 3.72. The number of rotatable bonds is 5. The third-order valence-electron chi connectivity index (χ3n) is 5.36. The molecule has 150 valence electrons. The third kappa shape index (κ3) is 3.69. The molecule has 3 heterocycles. The summed E-state index contributed by atoms with van der Waals surface area (Å²) in [5.74, 6) is 1.61. The zero-order valence-electron chi connectivity index (χ0n) is 16.8. The maximum Gasteiger partial charge on any atom is 0.161 e. The Kier molecular flexibility index (Phi) is 4.99. The first-order chi connectivity index (χ1) is 14.8. The van der Waals surface area contributed by atoms with Crippen molar-refractivity contribution in [2.45, 2.75) is 19.4 Å². The number of fused-ring (bicyclic) bond motifs is 1. The summed E-state index contributed by atoms with van der Waals surface area (Å²) in [4.78, 5) is 17.0. The predicted octanol–water partition coefficient (Wildman–Crippen LogP) is 4.54. The minimum absolute atomic E-state index is 0.0145. The average Bonchev–Trinajstić information content (AvgIpc) is 3.25. The maximum atomic E-state index is 6.08. The molecule has 2 aromatic carbocycles. The summed E-state index contributed by atoms with van der Waals surface area (Å²) in [6.07, 6.45) is 4.71. The first-order valence-corrected chi connectivity index (χ1v) is 10.2. The summed E-state index contributed by atoms with van der Waals surface area (Å²) >= 11 is 0. The van der Waals surface area contributed by atoms with Gasteiger partial charge in [0.1, 0.15) is 29.5 Å². The van der Waals surface area contributed by atoms with Crippen LogP contribution in [0.1, 0.15) is 30.7 Å². The number of aromatic amines is 1. The minimum Gasteiger partial charge on any atom is -0.486 e. The van der Waals surface area contributed by atoms with Crippen molar-refractivity contribution in [3.63, 3.8) is 0 Å². The van der Waals surface area contributed by atoms with Crippen molar-refractivity contribution < 1.29 is 4.74 Å². The number of H-pyrrole nitrogens is 1. The summed E-state index contributed by atoms with van der Waals surface area (Å²) in [6, 6.07) is 18.2. The second-order valence-corrected chi connectivity index (χ2v) is 7.38. The van der Waals surface area contributed by atoms with Gasteiger partial charge in [0.05, 0.1) is 5.69 Å². The van der Waals surface area contributed by atoms with Crippen molar-refractivity contribution in [2.24, 2.45) is 0 Å². The van der Waals surface area contributed by atoms with E-state index >= 15 is 0 Å². The van der Waals surface area contributed by atoms with Crippen LogP contribution in [0.2, 0.25) is 0 Å². The Hall–Kier alpha value is -3.51. The van der Waals surface area contributed by atoms with Crippen LogP contribution in [0.5, 0.6) is 5.75 Å². The van der Waals surface area contributed by atoms with E-state index in [1.54, 1.807) is 6.33 Å². The summed E-state index contributed by atoms with van der Waals surface area (Å²) in [5.41, 5.74) is 5.85. The Balaban J connectivity index is 1.40. The van der Waals surface area contributed by atoms with Gasteiger partial charge < -0.3 is 15.0 Å². The van der Waals surface area contributed by atoms with Gasteiger partial charge in [-0.3, -0.25) is 0 Å². The number of nitrogens with zero attached hydrogens (tertiary/aromatic N) is 3. The van der Waals surface area contributed by atoms with Crippen LogP contribution in [0.4, 0.5) is 0 Å². The normalized spacial score (nSPS) is 15.0. The van der Waals surface area contributed by atoms with E-state index in [0.717, 1.165) is 59.1 Å². The van der Waals surface area contributed by atoms with E-state index in [0.29, 0.717) is 0 Å². The van der Waals surface area contributed by atoms with Crippen LogP contribution in [-0.4, -0.2) is 33.0 Å². The summed E-state index contributed by atoms with van der Waals surface area (Å²) < 4.78 is 6.08. The first-order valence-electron chi connectivity index (χ1n) is 10.2. The van der Waals surface area contributed by atoms with E-state index in [1.807, 2.05) is 42.5 Å². The Morgan fingerprint density at radius 2 is 1.83 bits per heavy atom. The van der Waals surface area contributed by atoms with E-state index in [4.69, 9.17) is 9.72 Å². The number of benzene rings is 2. The molecule has 4 aromatic rings. The number of nitrogens with one attached hydrogen (secondary N) is 2. The van der Waals surface area contributed by atoms with Gasteiger partial charge in [-0.1, -0.05) is 36.4 Å². The Labute approximate surface area is 175 Å². The van der Waals surface area contributed by atoms with Crippen LogP contribution in [0.25, 0.3) is 28.1 Å². The topological polar surface area (TPSA) is 75.7 Å². The van der Waals surface area contributed by atoms with Crippen molar-refractivity contribution in [3.8, 4) is 17.1 Å². The molecular formula is C24H23N5O. The number of ether oxygens (including phenoxy) is 1. The molecule has 0 fully saturated rings. The van der Waals surface area contributed by atoms with Crippen molar-refractivity contribution in [2.75, 3.05) is 13.1 Å². The molecule has 0 spiro atoms. The number of imidazole rings is 1. The van der Waals surface area contributed by atoms with Crippen LogP contribution in [0.15, 0.2) is 67.0 Å². The van der Waals surface area contributed by atoms with E-state index in [-0.39, 0.29) is 6.10 Å². The molecule has 2 N–H and O–H groups in total. The summed E-state index contributed by atoms with van der Waals surface area (Å²) in [6.45, 7) is 3.87. The van der Waals surface area contributed by atoms with Gasteiger partial charge in [-0.25, -0.2) is 15.0 Å². The highest BCUT2D eigenvalue weighted by atomic mass is 16.5. The van der Waals surface area contributed by atoms with Gasteiger partial charge in [0.25, 0.3) is 0 Å². The highest BCUT2D eigenvalue weighted by molar-refractivity contribution is 5.87. The van der Waals surface area contributed by atoms with Crippen molar-refractivity contribution in [1.82, 2.24) is 25.3 Å². The third-order valence-corrected chi connectivity index (χ3v) is 5.36. The molecule has 0 amide bonds. The largest absolute Gasteiger partial charge is 0.486 e. The SMILES string of the molecule is C[C@H](Oc1ccc(-c2nc3c(C4=CCNCC4)ncnc3[nH]2)cc1)c1ccccc1. The Morgan fingerprint density at radius 3 is 2.60 bits per heavy atom. The predicted molar refractivity (Wildman–Crippen MR) is 118 cm³/mol. The van der Waals surface area contributed by atoms with Gasteiger partial charge in [0.2, 0.25) is 0 Å². The van der Waals surface area contributed by atoms with Crippen LogP contribution >= 0.6 is 0 Å². The average molecular weight is 397 g/mol. The molecule has 0 unspecified atom stereocenters. The van der Waals surface area contributed by atoms with E-state index in [1.165, 1.54) is 5.57 Å². The van der Waals surface area contributed by atoms with Gasteiger partial charge >= 0.3 is 0 Å². The molecular weight excluding hydrogens is 374 g/mol. The smallest absolute Gasteiger partial charge is 0.161 e. The molecule has 0 saturated heterocycles. The monoisotopic (exact) mass is 397 g/mol. The lowest BCUT2D eigenvalue weighted by Gasteiger charge is -2.15. The lowest BCUT2D eigenvalue weighted by molar-refractivity contribution is 0.227. The molecule has 1 atom stereocenters. The van der Waals surface area contributed by atoms with Gasteiger partial charge in [0, 0.05) is 12.1 Å². The van der Waals surface area contributed by atoms with Crippen molar-refractivity contribution in [1.29, 1.82) is 0 Å². The number of hydrogen-bond donors (Lipinski definition) is 2. The van der Waals surface area contributed by atoms with Crippen LogP contribution in [-0.2, 0) is 0 Å². The highest BCUT2D eigenvalue weighted by Gasteiger charge is 2.16. The zero-order chi connectivity index (χ0) is 20.3. The lowest BCUT2D eigenvalue weighted by atomic mass is 10.1. The molecule has 1 aliphatic heterocycles. The molecule has 6 nitrogen and oxygen atoms in total. The fourth-order valence-electron chi connectivity index (χ4n) is 3.72. The molecule has 1 aliphatic rings. The summed E-state index contributed by atoms with van der Waals surface area (Å²) in [5, 5.41) is 3.33. The summed E-state index contributed by atoms with van der Waals surface area (Å²) in [7, 11) is 0. The van der Waals surface area contributed by atoms with Gasteiger partial charge in [0.15, 0.2) is 5.65 Å². The minimum atomic E-state index is -0.0145. The lowest BCUT2D eigenvalue weighted by Crippen LogP contribution is -2.20. The molecule has 30 heavy (non-hydrogen) atoms. The Morgan fingerprint density at radius 1 is 1.00 bits per heavy atom. The molecule has 0 aliphatic carbocycles. The molecule has 5 rings (SSSR count). The van der Waals surface area contributed by atoms with Gasteiger partial charge in [-0.2, -0.15) is 0 Å². The highest BCUT2D eigenvalue weighted by Crippen LogP contribution is 2.28. The van der Waals surface area contributed by atoms with Crippen molar-refractivity contribution >= 4 is 16.7 Å². The standard InChI is InChI=1S/C24H23N5O/c1-16(17-5-3-2-4-6-17)30-20-9-7-19(8-10-20)23-28-22-21(18-11-13-25-14-12-18)26-15-27-24(22)29-23/h2-11,15-16,25H,12-14H2,1H3,(H,26,27,28,29)/t16-/m0/s1. The second-order valence-electron chi connectivity index (χ2n) is 7.38. The Bertz CT molecular complexity index is 1180. The van der Waals surface area contributed by atoms with E-state index in [9.17, 15) is 0 Å². The molecule has 0 bridgehead atoms. The number of aromatic nitrogens is 4. The van der Waals surface area contributed by atoms with Crippen LogP contribution in [0.3, 0.4) is 0 Å².